The number of amides is 1. The number of carbonyl (C=O) groups is 1. The first kappa shape index (κ1) is 21.6. The van der Waals surface area contributed by atoms with Gasteiger partial charge in [-0.1, -0.05) is 0 Å². The highest BCUT2D eigenvalue weighted by atomic mass is 35.5. The fourth-order valence-corrected chi connectivity index (χ4v) is 2.87. The van der Waals surface area contributed by atoms with Crippen molar-refractivity contribution < 1.29 is 17.9 Å². The highest BCUT2D eigenvalue weighted by molar-refractivity contribution is 7.89. The van der Waals surface area contributed by atoms with Crippen molar-refractivity contribution in [1.29, 1.82) is 0 Å². The van der Waals surface area contributed by atoms with E-state index in [9.17, 15) is 13.2 Å². The summed E-state index contributed by atoms with van der Waals surface area (Å²) in [4.78, 5) is 11.6. The second-order valence-corrected chi connectivity index (χ2v) is 7.50. The van der Waals surface area contributed by atoms with Gasteiger partial charge in [0.2, 0.25) is 15.9 Å². The average molecular weight is 358 g/mol. The number of rotatable bonds is 9. The quantitative estimate of drug-likeness (QED) is 0.534. The Kier molecular flexibility index (Phi) is 11.0. The summed E-state index contributed by atoms with van der Waals surface area (Å²) in [7, 11) is -3.46. The average Bonchev–Trinajstić information content (AvgIpc) is 2.43. The Morgan fingerprint density at radius 1 is 1.41 bits per heavy atom. The third-order valence-corrected chi connectivity index (χ3v) is 4.53. The number of sulfonamides is 1. The van der Waals surface area contributed by atoms with E-state index >= 15 is 0 Å². The van der Waals surface area contributed by atoms with Gasteiger partial charge in [0.1, 0.15) is 0 Å². The predicted molar refractivity (Wildman–Crippen MR) is 88.7 cm³/mol. The normalized spacial score (nSPS) is 18.8. The summed E-state index contributed by atoms with van der Waals surface area (Å²) in [5.74, 6) is -0.00182. The molecule has 9 heteroatoms. The van der Waals surface area contributed by atoms with Gasteiger partial charge >= 0.3 is 0 Å². The molecule has 0 saturated carbocycles. The number of hydrogen-bond acceptors (Lipinski definition) is 5. The van der Waals surface area contributed by atoms with Crippen molar-refractivity contribution in [2.45, 2.75) is 32.8 Å². The van der Waals surface area contributed by atoms with Crippen molar-refractivity contribution in [2.75, 3.05) is 38.5 Å². The van der Waals surface area contributed by atoms with Gasteiger partial charge in [0.05, 0.1) is 25.0 Å². The first-order valence-corrected chi connectivity index (χ1v) is 9.10. The summed E-state index contributed by atoms with van der Waals surface area (Å²) in [6.07, 6.45) is 2.20. The molecule has 0 spiro atoms. The molecule has 0 aliphatic carbocycles. The van der Waals surface area contributed by atoms with Crippen LogP contribution in [0.3, 0.4) is 0 Å². The molecule has 1 saturated heterocycles. The largest absolute Gasteiger partial charge is 0.378 e. The molecule has 1 aliphatic rings. The van der Waals surface area contributed by atoms with Crippen LogP contribution in [0.1, 0.15) is 26.7 Å². The Morgan fingerprint density at radius 3 is 2.73 bits per heavy atom. The molecule has 1 amide bonds. The first-order chi connectivity index (χ1) is 9.89. The summed E-state index contributed by atoms with van der Waals surface area (Å²) in [6, 6.07) is 0. The molecule has 0 aromatic heterocycles. The molecule has 0 aromatic rings. The maximum absolute atomic E-state index is 11.6. The molecule has 0 radical (unpaired) electrons. The van der Waals surface area contributed by atoms with E-state index in [2.05, 4.69) is 15.4 Å². The first-order valence-electron chi connectivity index (χ1n) is 7.45. The van der Waals surface area contributed by atoms with Gasteiger partial charge in [0.15, 0.2) is 0 Å². The van der Waals surface area contributed by atoms with Crippen LogP contribution < -0.4 is 15.4 Å². The maximum Gasteiger partial charge on any atom is 0.235 e. The van der Waals surface area contributed by atoms with Crippen LogP contribution in [0.4, 0.5) is 0 Å². The van der Waals surface area contributed by atoms with E-state index in [1.165, 1.54) is 0 Å². The van der Waals surface area contributed by atoms with Gasteiger partial charge in [0, 0.05) is 6.54 Å². The fourth-order valence-electron chi connectivity index (χ4n) is 2.06. The lowest BCUT2D eigenvalue weighted by Crippen LogP contribution is -2.42. The second-order valence-electron chi connectivity index (χ2n) is 5.58. The van der Waals surface area contributed by atoms with Crippen LogP contribution in [0, 0.1) is 5.92 Å². The number of carbonyl (C=O) groups excluding carboxylic acids is 1. The van der Waals surface area contributed by atoms with E-state index in [-0.39, 0.29) is 43.3 Å². The minimum atomic E-state index is -3.46. The Labute approximate surface area is 139 Å². The Hall–Kier alpha value is -0.410. The van der Waals surface area contributed by atoms with Crippen LogP contribution in [0.25, 0.3) is 0 Å². The fraction of sp³-hybridized carbons (Fsp3) is 0.923. The number of nitrogens with one attached hydrogen (secondary N) is 3. The molecule has 1 fully saturated rings. The number of halogens is 1. The molecule has 1 atom stereocenters. The molecule has 7 nitrogen and oxygen atoms in total. The van der Waals surface area contributed by atoms with E-state index < -0.39 is 10.0 Å². The molecule has 1 unspecified atom stereocenters. The molecule has 132 valence electrons. The van der Waals surface area contributed by atoms with Crippen molar-refractivity contribution in [1.82, 2.24) is 15.4 Å². The van der Waals surface area contributed by atoms with Gasteiger partial charge in [-0.3, -0.25) is 4.79 Å². The van der Waals surface area contributed by atoms with E-state index in [4.69, 9.17) is 4.74 Å². The smallest absolute Gasteiger partial charge is 0.235 e. The highest BCUT2D eigenvalue weighted by Gasteiger charge is 2.15. The highest BCUT2D eigenvalue weighted by Crippen LogP contribution is 2.07. The van der Waals surface area contributed by atoms with Crippen molar-refractivity contribution in [2.24, 2.45) is 5.92 Å². The van der Waals surface area contributed by atoms with E-state index in [0.29, 0.717) is 12.5 Å². The number of hydrogen-bond donors (Lipinski definition) is 3. The molecular formula is C13H28ClN3O4S. The van der Waals surface area contributed by atoms with Crippen LogP contribution >= 0.6 is 12.4 Å². The van der Waals surface area contributed by atoms with Gasteiger partial charge in [-0.2, -0.15) is 0 Å². The second kappa shape index (κ2) is 11.2. The van der Waals surface area contributed by atoms with Gasteiger partial charge in [0.25, 0.3) is 0 Å². The third-order valence-electron chi connectivity index (χ3n) is 3.24. The standard InChI is InChI=1S/C13H27N3O4S.ClH/c1-11(2)20-6-7-21(18,19)16-10-13(17)15-9-12-4-3-5-14-8-12;/h11-12,14,16H,3-10H2,1-2H3,(H,15,17);1H. The van der Waals surface area contributed by atoms with Gasteiger partial charge in [-0.25, -0.2) is 13.1 Å². The maximum atomic E-state index is 11.6. The lowest BCUT2D eigenvalue weighted by atomic mass is 10.00. The summed E-state index contributed by atoms with van der Waals surface area (Å²) >= 11 is 0. The van der Waals surface area contributed by atoms with Crippen LogP contribution in [0.5, 0.6) is 0 Å². The molecular weight excluding hydrogens is 330 g/mol. The van der Waals surface area contributed by atoms with E-state index in [0.717, 1.165) is 25.9 Å². The molecule has 0 aromatic carbocycles. The molecule has 0 bridgehead atoms. The minimum Gasteiger partial charge on any atom is -0.378 e. The topological polar surface area (TPSA) is 96.5 Å². The zero-order chi connectivity index (χ0) is 15.7. The minimum absolute atomic E-state index is 0. The zero-order valence-electron chi connectivity index (χ0n) is 13.3. The monoisotopic (exact) mass is 357 g/mol. The lowest BCUT2D eigenvalue weighted by molar-refractivity contribution is -0.120. The van der Waals surface area contributed by atoms with Crippen LogP contribution in [-0.4, -0.2) is 59.0 Å². The molecule has 1 heterocycles. The molecule has 1 aliphatic heterocycles. The number of ether oxygens (including phenoxy) is 1. The molecule has 3 N–H and O–H groups in total. The van der Waals surface area contributed by atoms with Crippen LogP contribution in [0.15, 0.2) is 0 Å². The molecule has 1 rings (SSSR count). The summed E-state index contributed by atoms with van der Waals surface area (Å²) in [5, 5.41) is 6.03. The van der Waals surface area contributed by atoms with Crippen molar-refractivity contribution in [3.05, 3.63) is 0 Å². The molecule has 22 heavy (non-hydrogen) atoms. The van der Waals surface area contributed by atoms with Crippen molar-refractivity contribution >= 4 is 28.3 Å². The van der Waals surface area contributed by atoms with Gasteiger partial charge < -0.3 is 15.4 Å². The predicted octanol–water partition coefficient (Wildman–Crippen LogP) is -0.132. The van der Waals surface area contributed by atoms with E-state index in [1.807, 2.05) is 13.8 Å². The van der Waals surface area contributed by atoms with Gasteiger partial charge in [-0.05, 0) is 45.7 Å². The Bertz CT molecular complexity index is 412. The van der Waals surface area contributed by atoms with E-state index in [1.54, 1.807) is 0 Å². The van der Waals surface area contributed by atoms with Crippen LogP contribution in [-0.2, 0) is 19.6 Å². The summed E-state index contributed by atoms with van der Waals surface area (Å²) in [5.41, 5.74) is 0. The summed E-state index contributed by atoms with van der Waals surface area (Å²) < 4.78 is 30.8. The van der Waals surface area contributed by atoms with Gasteiger partial charge in [-0.15, -0.1) is 12.4 Å². The van der Waals surface area contributed by atoms with Crippen molar-refractivity contribution in [3.63, 3.8) is 0 Å². The number of piperidine rings is 1. The van der Waals surface area contributed by atoms with Crippen LogP contribution in [0.2, 0.25) is 0 Å². The SMILES string of the molecule is CC(C)OCCS(=O)(=O)NCC(=O)NCC1CCCNC1.Cl. The zero-order valence-corrected chi connectivity index (χ0v) is 14.9. The Balaban J connectivity index is 0.00000441. The van der Waals surface area contributed by atoms with Crippen molar-refractivity contribution in [3.8, 4) is 0 Å². The lowest BCUT2D eigenvalue weighted by Gasteiger charge is -2.22. The third kappa shape index (κ3) is 10.3. The Morgan fingerprint density at radius 2 is 2.14 bits per heavy atom. The summed E-state index contributed by atoms with van der Waals surface area (Å²) in [6.45, 7) is 6.11.